The molecule has 0 aliphatic carbocycles. The number of rotatable bonds is 3. The van der Waals surface area contributed by atoms with Gasteiger partial charge >= 0.3 is 0 Å². The topological polar surface area (TPSA) is 6.48 Å². The standard InChI is InChI=1S/C16H24N2S/c1-13-10-17-9-3-4-15(17)12-18(13)11-14-5-7-16(19-2)8-6-14/h5-8,13,15H,3-4,9-12H2,1-2H3/t13-,15?/m1/s1. The van der Waals surface area contributed by atoms with Crippen molar-refractivity contribution < 1.29 is 0 Å². The number of thioether (sulfide) groups is 1. The number of hydrogen-bond acceptors (Lipinski definition) is 3. The summed E-state index contributed by atoms with van der Waals surface area (Å²) in [5.74, 6) is 0. The molecule has 1 aromatic rings. The van der Waals surface area contributed by atoms with E-state index in [1.54, 1.807) is 0 Å². The highest BCUT2D eigenvalue weighted by Gasteiger charge is 2.34. The molecule has 0 bridgehead atoms. The maximum atomic E-state index is 2.69. The van der Waals surface area contributed by atoms with Gasteiger partial charge in [-0.3, -0.25) is 9.80 Å². The molecule has 1 aromatic carbocycles. The van der Waals surface area contributed by atoms with Crippen LogP contribution in [0.2, 0.25) is 0 Å². The van der Waals surface area contributed by atoms with E-state index in [2.05, 4.69) is 47.2 Å². The van der Waals surface area contributed by atoms with Gasteiger partial charge in [-0.25, -0.2) is 0 Å². The molecule has 19 heavy (non-hydrogen) atoms. The first kappa shape index (κ1) is 13.5. The third-order valence-corrected chi connectivity index (χ3v) is 5.35. The van der Waals surface area contributed by atoms with Crippen molar-refractivity contribution in [1.29, 1.82) is 0 Å². The molecule has 2 heterocycles. The van der Waals surface area contributed by atoms with Crippen molar-refractivity contribution in [2.24, 2.45) is 0 Å². The third kappa shape index (κ3) is 2.99. The average molecular weight is 276 g/mol. The summed E-state index contributed by atoms with van der Waals surface area (Å²) < 4.78 is 0. The van der Waals surface area contributed by atoms with Crippen LogP contribution in [0, 0.1) is 0 Å². The fourth-order valence-electron chi connectivity index (χ4n) is 3.43. The minimum Gasteiger partial charge on any atom is -0.298 e. The molecule has 2 aliphatic rings. The lowest BCUT2D eigenvalue weighted by atomic mass is 10.1. The van der Waals surface area contributed by atoms with Gasteiger partial charge in [0, 0.05) is 36.6 Å². The molecule has 2 nitrogen and oxygen atoms in total. The van der Waals surface area contributed by atoms with E-state index in [0.717, 1.165) is 12.6 Å². The molecule has 0 aromatic heterocycles. The van der Waals surface area contributed by atoms with E-state index in [1.165, 1.54) is 42.9 Å². The van der Waals surface area contributed by atoms with Crippen molar-refractivity contribution in [2.75, 3.05) is 25.9 Å². The van der Waals surface area contributed by atoms with Crippen LogP contribution in [0.4, 0.5) is 0 Å². The van der Waals surface area contributed by atoms with Crippen LogP contribution in [0.5, 0.6) is 0 Å². The maximum Gasteiger partial charge on any atom is 0.0237 e. The van der Waals surface area contributed by atoms with Gasteiger partial charge in [0.2, 0.25) is 0 Å². The van der Waals surface area contributed by atoms with Crippen LogP contribution >= 0.6 is 11.8 Å². The van der Waals surface area contributed by atoms with Crippen LogP contribution in [0.15, 0.2) is 29.2 Å². The Hall–Kier alpha value is -0.510. The summed E-state index contributed by atoms with van der Waals surface area (Å²) in [4.78, 5) is 6.72. The largest absolute Gasteiger partial charge is 0.298 e. The second kappa shape index (κ2) is 5.86. The Kier molecular flexibility index (Phi) is 4.15. The van der Waals surface area contributed by atoms with Gasteiger partial charge in [-0.15, -0.1) is 11.8 Å². The van der Waals surface area contributed by atoms with Gasteiger partial charge in [-0.1, -0.05) is 12.1 Å². The summed E-state index contributed by atoms with van der Waals surface area (Å²) in [6.07, 6.45) is 4.93. The Morgan fingerprint density at radius 1 is 1.21 bits per heavy atom. The van der Waals surface area contributed by atoms with E-state index in [-0.39, 0.29) is 0 Å². The molecule has 3 rings (SSSR count). The predicted octanol–water partition coefficient (Wildman–Crippen LogP) is 3.08. The summed E-state index contributed by atoms with van der Waals surface area (Å²) in [7, 11) is 0. The Morgan fingerprint density at radius 2 is 2.00 bits per heavy atom. The van der Waals surface area contributed by atoms with Crippen molar-refractivity contribution >= 4 is 11.8 Å². The molecule has 1 unspecified atom stereocenters. The molecule has 104 valence electrons. The fourth-order valence-corrected chi connectivity index (χ4v) is 3.84. The van der Waals surface area contributed by atoms with Gasteiger partial charge in [0.25, 0.3) is 0 Å². The molecule has 0 amide bonds. The van der Waals surface area contributed by atoms with Crippen molar-refractivity contribution in [1.82, 2.24) is 9.80 Å². The van der Waals surface area contributed by atoms with Crippen LogP contribution in [0.1, 0.15) is 25.3 Å². The number of fused-ring (bicyclic) bond motifs is 1. The summed E-state index contributed by atoms with van der Waals surface area (Å²) >= 11 is 1.82. The molecule has 2 aliphatic heterocycles. The molecular weight excluding hydrogens is 252 g/mol. The van der Waals surface area contributed by atoms with Crippen molar-refractivity contribution in [3.8, 4) is 0 Å². The lowest BCUT2D eigenvalue weighted by molar-refractivity contribution is 0.0540. The van der Waals surface area contributed by atoms with Crippen LogP contribution in [0.3, 0.4) is 0 Å². The van der Waals surface area contributed by atoms with Crippen LogP contribution < -0.4 is 0 Å². The van der Waals surface area contributed by atoms with Crippen molar-refractivity contribution in [3.63, 3.8) is 0 Å². The summed E-state index contributed by atoms with van der Waals surface area (Å²) in [6, 6.07) is 10.6. The number of benzene rings is 1. The van der Waals surface area contributed by atoms with Gasteiger partial charge in [-0.05, 0) is 50.3 Å². The number of nitrogens with zero attached hydrogens (tertiary/aromatic N) is 2. The first-order valence-electron chi connectivity index (χ1n) is 7.37. The highest BCUT2D eigenvalue weighted by Crippen LogP contribution is 2.26. The zero-order chi connectivity index (χ0) is 13.2. The smallest absolute Gasteiger partial charge is 0.0237 e. The van der Waals surface area contributed by atoms with Crippen molar-refractivity contribution in [2.45, 2.75) is 43.3 Å². The molecule has 0 radical (unpaired) electrons. The Bertz CT molecular complexity index is 417. The molecule has 3 heteroatoms. The average Bonchev–Trinajstić information content (AvgIpc) is 2.87. The Labute approximate surface area is 121 Å². The minimum absolute atomic E-state index is 0.689. The van der Waals surface area contributed by atoms with Gasteiger partial charge < -0.3 is 0 Å². The molecule has 2 saturated heterocycles. The first-order valence-corrected chi connectivity index (χ1v) is 8.60. The number of piperazine rings is 1. The maximum absolute atomic E-state index is 2.69. The molecule has 0 spiro atoms. The van der Waals surface area contributed by atoms with Gasteiger partial charge in [0.15, 0.2) is 0 Å². The van der Waals surface area contributed by atoms with E-state index < -0.39 is 0 Å². The van der Waals surface area contributed by atoms with Crippen LogP contribution in [-0.4, -0.2) is 47.8 Å². The molecule has 2 atom stereocenters. The highest BCUT2D eigenvalue weighted by molar-refractivity contribution is 7.98. The zero-order valence-corrected chi connectivity index (χ0v) is 12.8. The van der Waals surface area contributed by atoms with E-state index in [9.17, 15) is 0 Å². The third-order valence-electron chi connectivity index (χ3n) is 4.61. The van der Waals surface area contributed by atoms with E-state index >= 15 is 0 Å². The van der Waals surface area contributed by atoms with Crippen LogP contribution in [-0.2, 0) is 6.54 Å². The summed E-state index contributed by atoms with van der Waals surface area (Å²) in [5, 5.41) is 0. The lowest BCUT2D eigenvalue weighted by Gasteiger charge is -2.42. The SMILES string of the molecule is CSc1ccc(CN2CC3CCCN3C[C@H]2C)cc1. The first-order chi connectivity index (χ1) is 9.26. The normalized spacial score (nSPS) is 28.5. The van der Waals surface area contributed by atoms with Crippen molar-refractivity contribution in [3.05, 3.63) is 29.8 Å². The van der Waals surface area contributed by atoms with E-state index in [1.807, 2.05) is 11.8 Å². The lowest BCUT2D eigenvalue weighted by Crippen LogP contribution is -2.54. The van der Waals surface area contributed by atoms with Crippen LogP contribution in [0.25, 0.3) is 0 Å². The zero-order valence-electron chi connectivity index (χ0n) is 12.0. The molecular formula is C16H24N2S. The molecule has 2 fully saturated rings. The quantitative estimate of drug-likeness (QED) is 0.783. The fraction of sp³-hybridized carbons (Fsp3) is 0.625. The Morgan fingerprint density at radius 3 is 2.74 bits per heavy atom. The Balaban J connectivity index is 1.64. The monoisotopic (exact) mass is 276 g/mol. The summed E-state index contributed by atoms with van der Waals surface area (Å²) in [6.45, 7) is 7.33. The second-order valence-corrected chi connectivity index (χ2v) is 6.80. The second-order valence-electron chi connectivity index (χ2n) is 5.92. The highest BCUT2D eigenvalue weighted by atomic mass is 32.2. The summed E-state index contributed by atoms with van der Waals surface area (Å²) in [5.41, 5.74) is 1.45. The molecule has 0 N–H and O–H groups in total. The van der Waals surface area contributed by atoms with Gasteiger partial charge in [0.1, 0.15) is 0 Å². The van der Waals surface area contributed by atoms with E-state index in [0.29, 0.717) is 6.04 Å². The van der Waals surface area contributed by atoms with Gasteiger partial charge in [0.05, 0.1) is 0 Å². The predicted molar refractivity (Wildman–Crippen MR) is 82.7 cm³/mol. The number of hydrogen-bond donors (Lipinski definition) is 0. The van der Waals surface area contributed by atoms with Gasteiger partial charge in [-0.2, -0.15) is 0 Å². The molecule has 0 saturated carbocycles. The van der Waals surface area contributed by atoms with E-state index in [4.69, 9.17) is 0 Å². The minimum atomic E-state index is 0.689.